The molecule has 0 heterocycles. The molecule has 0 N–H and O–H groups in total. The van der Waals surface area contributed by atoms with Gasteiger partial charge in [0.2, 0.25) is 0 Å². The van der Waals surface area contributed by atoms with Crippen molar-refractivity contribution >= 4 is 0 Å². The van der Waals surface area contributed by atoms with Crippen LogP contribution in [0.5, 0.6) is 0 Å². The number of rotatable bonds is 3. The molecule has 0 nitrogen and oxygen atoms in total. The highest BCUT2D eigenvalue weighted by Gasteiger charge is 2.74. The van der Waals surface area contributed by atoms with Gasteiger partial charge in [0.15, 0.2) is 0 Å². The van der Waals surface area contributed by atoms with Crippen LogP contribution in [0.4, 0.5) is 35.1 Å². The van der Waals surface area contributed by atoms with E-state index in [1.165, 1.54) is 32.0 Å². The van der Waals surface area contributed by atoms with Gasteiger partial charge in [0, 0.05) is 11.1 Å². The van der Waals surface area contributed by atoms with E-state index in [2.05, 4.69) is 0 Å². The molecule has 0 fully saturated rings. The SMILES string of the molecule is CCc1cc(C)cc(C(F)(C(F)(F)F)C(F)(F)F)c1-c1ccccc1F. The van der Waals surface area contributed by atoms with Crippen LogP contribution in [0.2, 0.25) is 0 Å². The Morgan fingerprint density at radius 2 is 1.38 bits per heavy atom. The molecule has 8 heteroatoms. The molecule has 0 unspecified atom stereocenters. The van der Waals surface area contributed by atoms with E-state index < -0.39 is 40.5 Å². The average Bonchev–Trinajstić information content (AvgIpc) is 2.52. The molecular weight excluding hydrogens is 368 g/mol. The predicted molar refractivity (Wildman–Crippen MR) is 80.8 cm³/mol. The molecule has 0 amide bonds. The highest BCUT2D eigenvalue weighted by molar-refractivity contribution is 5.74. The molecule has 0 aliphatic heterocycles. The molecule has 0 aromatic heterocycles. The third kappa shape index (κ3) is 3.17. The first-order chi connectivity index (χ1) is 11.8. The maximum absolute atomic E-state index is 14.7. The zero-order valence-electron chi connectivity index (χ0n) is 13.7. The van der Waals surface area contributed by atoms with Gasteiger partial charge in [-0.25, -0.2) is 8.78 Å². The van der Waals surface area contributed by atoms with Gasteiger partial charge in [-0.2, -0.15) is 26.3 Å². The van der Waals surface area contributed by atoms with Crippen LogP contribution >= 0.6 is 0 Å². The van der Waals surface area contributed by atoms with Crippen molar-refractivity contribution in [1.82, 2.24) is 0 Å². The number of benzene rings is 2. The first kappa shape index (κ1) is 20.2. The molecule has 0 atom stereocenters. The molecule has 0 saturated carbocycles. The van der Waals surface area contributed by atoms with E-state index >= 15 is 0 Å². The minimum absolute atomic E-state index is 0.00691. The fraction of sp³-hybridized carbons (Fsp3) is 0.333. The van der Waals surface area contributed by atoms with E-state index in [1.54, 1.807) is 0 Å². The normalized spacial score (nSPS) is 13.2. The zero-order valence-corrected chi connectivity index (χ0v) is 13.7. The Bertz CT molecular complexity index is 788. The lowest BCUT2D eigenvalue weighted by Crippen LogP contribution is -2.50. The second-order valence-corrected chi connectivity index (χ2v) is 5.83. The molecule has 142 valence electrons. The standard InChI is InChI=1S/C18H14F8/c1-3-11-8-10(2)9-13(15(11)12-6-4-5-7-14(12)19)16(20,17(21,22)23)18(24,25)26/h4-9H,3H2,1-2H3. The fourth-order valence-electron chi connectivity index (χ4n) is 2.86. The highest BCUT2D eigenvalue weighted by Crippen LogP contribution is 2.56. The van der Waals surface area contributed by atoms with Gasteiger partial charge >= 0.3 is 18.0 Å². The highest BCUT2D eigenvalue weighted by atomic mass is 19.4. The van der Waals surface area contributed by atoms with E-state index in [9.17, 15) is 35.1 Å². The molecule has 0 aliphatic carbocycles. The number of aryl methyl sites for hydroxylation is 2. The zero-order chi connectivity index (χ0) is 19.9. The average molecular weight is 382 g/mol. The second-order valence-electron chi connectivity index (χ2n) is 5.83. The van der Waals surface area contributed by atoms with Gasteiger partial charge in [-0.05, 0) is 30.5 Å². The molecule has 0 bridgehead atoms. The first-order valence-electron chi connectivity index (χ1n) is 7.55. The molecule has 2 rings (SSSR count). The van der Waals surface area contributed by atoms with Crippen molar-refractivity contribution in [2.75, 3.05) is 0 Å². The van der Waals surface area contributed by atoms with Crippen LogP contribution in [-0.4, -0.2) is 12.4 Å². The van der Waals surface area contributed by atoms with Gasteiger partial charge in [-0.15, -0.1) is 0 Å². The minimum atomic E-state index is -6.27. The molecule has 0 radical (unpaired) electrons. The second kappa shape index (κ2) is 6.55. The van der Waals surface area contributed by atoms with Crippen LogP contribution in [0.15, 0.2) is 36.4 Å². The third-order valence-electron chi connectivity index (χ3n) is 4.04. The number of halogens is 8. The fourth-order valence-corrected chi connectivity index (χ4v) is 2.86. The van der Waals surface area contributed by atoms with Crippen molar-refractivity contribution in [1.29, 1.82) is 0 Å². The van der Waals surface area contributed by atoms with Crippen molar-refractivity contribution in [2.45, 2.75) is 38.3 Å². The molecule has 2 aromatic rings. The van der Waals surface area contributed by atoms with Crippen LogP contribution in [-0.2, 0) is 12.1 Å². The minimum Gasteiger partial charge on any atom is -0.218 e. The Morgan fingerprint density at radius 1 is 0.846 bits per heavy atom. The smallest absolute Gasteiger partial charge is 0.218 e. The largest absolute Gasteiger partial charge is 0.435 e. The van der Waals surface area contributed by atoms with Gasteiger partial charge in [-0.3, -0.25) is 0 Å². The van der Waals surface area contributed by atoms with Crippen molar-refractivity contribution in [3.8, 4) is 11.1 Å². The maximum atomic E-state index is 14.7. The summed E-state index contributed by atoms with van der Waals surface area (Å²) in [5, 5.41) is 0. The van der Waals surface area contributed by atoms with Gasteiger partial charge in [0.25, 0.3) is 0 Å². The van der Waals surface area contributed by atoms with Crippen molar-refractivity contribution in [3.05, 3.63) is 58.9 Å². The van der Waals surface area contributed by atoms with E-state index in [4.69, 9.17) is 0 Å². The summed E-state index contributed by atoms with van der Waals surface area (Å²) in [5.74, 6) is -1.04. The summed E-state index contributed by atoms with van der Waals surface area (Å²) in [7, 11) is 0. The lowest BCUT2D eigenvalue weighted by molar-refractivity contribution is -0.348. The van der Waals surface area contributed by atoms with Crippen molar-refractivity contribution in [3.63, 3.8) is 0 Å². The Morgan fingerprint density at radius 3 is 1.85 bits per heavy atom. The van der Waals surface area contributed by atoms with Crippen LogP contribution < -0.4 is 0 Å². The van der Waals surface area contributed by atoms with E-state index in [0.29, 0.717) is 6.07 Å². The summed E-state index contributed by atoms with van der Waals surface area (Å²) in [4.78, 5) is 0. The van der Waals surface area contributed by atoms with Gasteiger partial charge in [-0.1, -0.05) is 42.8 Å². The lowest BCUT2D eigenvalue weighted by Gasteiger charge is -2.33. The Balaban J connectivity index is 3.01. The number of alkyl halides is 7. The van der Waals surface area contributed by atoms with E-state index in [1.807, 2.05) is 0 Å². The maximum Gasteiger partial charge on any atom is 0.435 e. The van der Waals surface area contributed by atoms with E-state index in [0.717, 1.165) is 12.1 Å². The van der Waals surface area contributed by atoms with Gasteiger partial charge < -0.3 is 0 Å². The first-order valence-corrected chi connectivity index (χ1v) is 7.55. The predicted octanol–water partition coefficient (Wildman–Crippen LogP) is 6.65. The Hall–Kier alpha value is -2.12. The van der Waals surface area contributed by atoms with Crippen molar-refractivity contribution in [2.24, 2.45) is 0 Å². The van der Waals surface area contributed by atoms with Crippen LogP contribution in [0, 0.1) is 12.7 Å². The molecule has 2 aromatic carbocycles. The summed E-state index contributed by atoms with van der Waals surface area (Å²) in [6.07, 6.45) is -12.6. The van der Waals surface area contributed by atoms with Crippen molar-refractivity contribution < 1.29 is 35.1 Å². The number of hydrogen-bond acceptors (Lipinski definition) is 0. The molecule has 26 heavy (non-hydrogen) atoms. The lowest BCUT2D eigenvalue weighted by atomic mass is 9.82. The van der Waals surface area contributed by atoms with Crippen LogP contribution in [0.25, 0.3) is 11.1 Å². The Kier molecular flexibility index (Phi) is 5.09. The third-order valence-corrected chi connectivity index (χ3v) is 4.04. The number of hydrogen-bond donors (Lipinski definition) is 0. The molecule has 0 saturated heterocycles. The molecular formula is C18H14F8. The quantitative estimate of drug-likeness (QED) is 0.521. The topological polar surface area (TPSA) is 0 Å². The summed E-state index contributed by atoms with van der Waals surface area (Å²) in [5.41, 5.74) is -8.54. The van der Waals surface area contributed by atoms with Crippen LogP contribution in [0.3, 0.4) is 0 Å². The van der Waals surface area contributed by atoms with E-state index in [-0.39, 0.29) is 17.5 Å². The monoisotopic (exact) mass is 382 g/mol. The molecule has 0 spiro atoms. The van der Waals surface area contributed by atoms with Gasteiger partial charge in [0.1, 0.15) is 5.82 Å². The Labute approximate surface area is 144 Å². The van der Waals surface area contributed by atoms with Gasteiger partial charge in [0.05, 0.1) is 0 Å². The summed E-state index contributed by atoms with van der Waals surface area (Å²) >= 11 is 0. The summed E-state index contributed by atoms with van der Waals surface area (Å²) < 4.78 is 108. The summed E-state index contributed by atoms with van der Waals surface area (Å²) in [6.45, 7) is 2.73. The molecule has 0 aliphatic rings. The van der Waals surface area contributed by atoms with Crippen LogP contribution in [0.1, 0.15) is 23.6 Å². The summed E-state index contributed by atoms with van der Waals surface area (Å²) in [6, 6.07) is 6.19.